The van der Waals surface area contributed by atoms with Gasteiger partial charge in [-0.15, -0.1) is 11.3 Å². The Bertz CT molecular complexity index is 508. The molecule has 104 valence electrons. The molecule has 4 nitrogen and oxygen atoms in total. The molecule has 2 unspecified atom stereocenters. The summed E-state index contributed by atoms with van der Waals surface area (Å²) in [7, 11) is 0. The zero-order valence-corrected chi connectivity index (χ0v) is 13.2. The predicted molar refractivity (Wildman–Crippen MR) is 77.6 cm³/mol. The summed E-state index contributed by atoms with van der Waals surface area (Å²) in [5.74, 6) is -1.02. The highest BCUT2D eigenvalue weighted by molar-refractivity contribution is 9.11. The van der Waals surface area contributed by atoms with Crippen molar-refractivity contribution in [2.24, 2.45) is 5.41 Å². The van der Waals surface area contributed by atoms with Crippen molar-refractivity contribution in [2.75, 3.05) is 0 Å². The maximum absolute atomic E-state index is 12.2. The minimum atomic E-state index is -0.848. The molecular formula is C13H16BrNO3S. The largest absolute Gasteiger partial charge is 0.481 e. The topological polar surface area (TPSA) is 66.4 Å². The Kier molecular flexibility index (Phi) is 4.01. The molecule has 1 aliphatic rings. The number of carbonyl (C=O) groups excluding carboxylic acids is 1. The first kappa shape index (κ1) is 14.5. The summed E-state index contributed by atoms with van der Waals surface area (Å²) in [6, 6.07) is 1.52. The molecule has 2 atom stereocenters. The van der Waals surface area contributed by atoms with E-state index < -0.39 is 11.4 Å². The summed E-state index contributed by atoms with van der Waals surface area (Å²) in [5, 5.41) is 12.2. The van der Waals surface area contributed by atoms with Crippen LogP contribution in [0.25, 0.3) is 0 Å². The van der Waals surface area contributed by atoms with E-state index in [-0.39, 0.29) is 11.9 Å². The number of carboxylic acid groups (broad SMARTS) is 1. The van der Waals surface area contributed by atoms with Gasteiger partial charge in [-0.3, -0.25) is 9.59 Å². The van der Waals surface area contributed by atoms with Gasteiger partial charge in [-0.25, -0.2) is 0 Å². The number of halogens is 1. The quantitative estimate of drug-likeness (QED) is 0.883. The molecule has 0 aromatic carbocycles. The average molecular weight is 346 g/mol. The zero-order valence-electron chi connectivity index (χ0n) is 10.8. The van der Waals surface area contributed by atoms with E-state index in [0.717, 1.165) is 22.2 Å². The summed E-state index contributed by atoms with van der Waals surface area (Å²) in [6.07, 6.45) is 2.17. The summed E-state index contributed by atoms with van der Waals surface area (Å²) in [4.78, 5) is 24.1. The lowest BCUT2D eigenvalue weighted by atomic mass is 9.85. The Labute approximate surface area is 124 Å². The Morgan fingerprint density at radius 2 is 2.26 bits per heavy atom. The third-order valence-electron chi connectivity index (χ3n) is 3.83. The maximum Gasteiger partial charge on any atom is 0.311 e. The molecule has 6 heteroatoms. The highest BCUT2D eigenvalue weighted by Crippen LogP contribution is 2.38. The third-order valence-corrected chi connectivity index (χ3v) is 5.97. The molecule has 0 bridgehead atoms. The van der Waals surface area contributed by atoms with Gasteiger partial charge in [0.05, 0.1) is 14.1 Å². The zero-order chi connectivity index (χ0) is 14.2. The van der Waals surface area contributed by atoms with Gasteiger partial charge in [-0.2, -0.15) is 0 Å². The van der Waals surface area contributed by atoms with Crippen LogP contribution in [0.3, 0.4) is 0 Å². The fourth-order valence-electron chi connectivity index (χ4n) is 2.45. The highest BCUT2D eigenvalue weighted by atomic mass is 79.9. The Hall–Kier alpha value is -0.880. The van der Waals surface area contributed by atoms with E-state index in [1.54, 1.807) is 6.92 Å². The minimum Gasteiger partial charge on any atom is -0.481 e. The fourth-order valence-corrected chi connectivity index (χ4v) is 3.89. The lowest BCUT2D eigenvalue weighted by Gasteiger charge is -2.27. The predicted octanol–water partition coefficient (Wildman–Crippen LogP) is 3.19. The summed E-state index contributed by atoms with van der Waals surface area (Å²) in [5.41, 5.74) is 0.168. The van der Waals surface area contributed by atoms with E-state index in [9.17, 15) is 14.7 Å². The number of aryl methyl sites for hydroxylation is 1. The van der Waals surface area contributed by atoms with Gasteiger partial charge in [-0.1, -0.05) is 6.42 Å². The normalized spacial score (nSPS) is 26.4. The number of rotatable bonds is 3. The lowest BCUT2D eigenvalue weighted by molar-refractivity contribution is -0.148. The van der Waals surface area contributed by atoms with Crippen LogP contribution < -0.4 is 5.32 Å². The van der Waals surface area contributed by atoms with Crippen LogP contribution in [0.4, 0.5) is 0 Å². The van der Waals surface area contributed by atoms with E-state index in [1.165, 1.54) is 11.3 Å². The van der Waals surface area contributed by atoms with Crippen molar-refractivity contribution in [3.63, 3.8) is 0 Å². The van der Waals surface area contributed by atoms with Gasteiger partial charge >= 0.3 is 5.97 Å². The van der Waals surface area contributed by atoms with Crippen LogP contribution in [0, 0.1) is 12.3 Å². The average Bonchev–Trinajstić information content (AvgIpc) is 2.86. The van der Waals surface area contributed by atoms with Crippen LogP contribution in [0.1, 0.15) is 41.4 Å². The molecule has 1 amide bonds. The van der Waals surface area contributed by atoms with Crippen LogP contribution in [-0.4, -0.2) is 23.0 Å². The van der Waals surface area contributed by atoms with Crippen molar-refractivity contribution in [1.82, 2.24) is 5.32 Å². The molecule has 2 N–H and O–H groups in total. The standard InChI is InChI=1S/C13H16BrNO3S/c1-7-6-8(19-10(7)14)11(16)15-9-4-3-5-13(9,2)12(17)18/h6,9H,3-5H2,1-2H3,(H,15,16)(H,17,18). The first-order chi connectivity index (χ1) is 8.84. The number of hydrogen-bond acceptors (Lipinski definition) is 3. The molecule has 19 heavy (non-hydrogen) atoms. The van der Waals surface area contributed by atoms with Gasteiger partial charge in [0.25, 0.3) is 5.91 Å². The molecule has 1 heterocycles. The van der Waals surface area contributed by atoms with Crippen molar-refractivity contribution in [2.45, 2.75) is 39.2 Å². The number of hydrogen-bond donors (Lipinski definition) is 2. The van der Waals surface area contributed by atoms with Crippen molar-refractivity contribution in [1.29, 1.82) is 0 Å². The van der Waals surface area contributed by atoms with Gasteiger partial charge in [0.15, 0.2) is 0 Å². The highest BCUT2D eigenvalue weighted by Gasteiger charge is 2.46. The van der Waals surface area contributed by atoms with Crippen molar-refractivity contribution in [3.05, 3.63) is 20.3 Å². The second-order valence-electron chi connectivity index (χ2n) is 5.21. The molecule has 2 rings (SSSR count). The number of amides is 1. The Balaban J connectivity index is 2.13. The number of thiophene rings is 1. The summed E-state index contributed by atoms with van der Waals surface area (Å²) in [6.45, 7) is 3.64. The lowest BCUT2D eigenvalue weighted by Crippen LogP contribution is -2.46. The Morgan fingerprint density at radius 3 is 2.79 bits per heavy atom. The van der Waals surface area contributed by atoms with Crippen LogP contribution >= 0.6 is 27.3 Å². The first-order valence-corrected chi connectivity index (χ1v) is 7.76. The number of nitrogens with one attached hydrogen (secondary N) is 1. The van der Waals surface area contributed by atoms with Gasteiger partial charge in [0, 0.05) is 6.04 Å². The molecule has 0 saturated heterocycles. The number of aliphatic carboxylic acids is 1. The second-order valence-corrected chi connectivity index (χ2v) is 7.58. The van der Waals surface area contributed by atoms with Gasteiger partial charge in [-0.05, 0) is 54.2 Å². The second kappa shape index (κ2) is 5.25. The molecule has 0 aliphatic heterocycles. The van der Waals surface area contributed by atoms with E-state index >= 15 is 0 Å². The SMILES string of the molecule is Cc1cc(C(=O)NC2CCCC2(C)C(=O)O)sc1Br. The summed E-state index contributed by atoms with van der Waals surface area (Å²) < 4.78 is 0.935. The third kappa shape index (κ3) is 2.69. The smallest absolute Gasteiger partial charge is 0.311 e. The minimum absolute atomic E-state index is 0.182. The van der Waals surface area contributed by atoms with Gasteiger partial charge < -0.3 is 10.4 Å². The van der Waals surface area contributed by atoms with E-state index in [1.807, 2.05) is 13.0 Å². The molecule has 1 aromatic rings. The van der Waals surface area contributed by atoms with Crippen molar-refractivity contribution >= 4 is 39.1 Å². The monoisotopic (exact) mass is 345 g/mol. The molecule has 0 radical (unpaired) electrons. The fraction of sp³-hybridized carbons (Fsp3) is 0.538. The van der Waals surface area contributed by atoms with E-state index in [0.29, 0.717) is 11.3 Å². The van der Waals surface area contributed by atoms with Crippen molar-refractivity contribution < 1.29 is 14.7 Å². The van der Waals surface area contributed by atoms with Crippen LogP contribution in [0.2, 0.25) is 0 Å². The van der Waals surface area contributed by atoms with Crippen LogP contribution in [0.5, 0.6) is 0 Å². The molecule has 0 spiro atoms. The first-order valence-electron chi connectivity index (χ1n) is 6.15. The van der Waals surface area contributed by atoms with Crippen LogP contribution in [0.15, 0.2) is 9.85 Å². The Morgan fingerprint density at radius 1 is 1.58 bits per heavy atom. The van der Waals surface area contributed by atoms with Gasteiger partial charge in [0.1, 0.15) is 0 Å². The number of carbonyl (C=O) groups is 2. The molecule has 1 saturated carbocycles. The number of carboxylic acids is 1. The van der Waals surface area contributed by atoms with Gasteiger partial charge in [0.2, 0.25) is 0 Å². The molecule has 1 aliphatic carbocycles. The molecule has 1 fully saturated rings. The van der Waals surface area contributed by atoms with Crippen LogP contribution in [-0.2, 0) is 4.79 Å². The molecular weight excluding hydrogens is 330 g/mol. The van der Waals surface area contributed by atoms with Crippen molar-refractivity contribution in [3.8, 4) is 0 Å². The maximum atomic E-state index is 12.2. The summed E-state index contributed by atoms with van der Waals surface area (Å²) >= 11 is 4.76. The van der Waals surface area contributed by atoms with E-state index in [2.05, 4.69) is 21.2 Å². The van der Waals surface area contributed by atoms with E-state index in [4.69, 9.17) is 0 Å². The molecule has 1 aromatic heterocycles.